The van der Waals surface area contributed by atoms with Crippen molar-refractivity contribution in [3.63, 3.8) is 0 Å². The summed E-state index contributed by atoms with van der Waals surface area (Å²) in [7, 11) is 0. The van der Waals surface area contributed by atoms with Gasteiger partial charge >= 0.3 is 11.9 Å². The SMILES string of the molecule is CCCCCCCCCCCCCCCC(=O)OCCOCCOC(=O)C[N+](CO)(CO)CO.[Cl-]. The molecule has 0 rings (SSSR count). The van der Waals surface area contributed by atoms with Crippen molar-refractivity contribution >= 4 is 11.9 Å². The molecule has 0 atom stereocenters. The zero-order valence-corrected chi connectivity index (χ0v) is 22.5. The molecule has 0 fully saturated rings. The van der Waals surface area contributed by atoms with Crippen LogP contribution in [-0.4, -0.2) is 84.9 Å². The summed E-state index contributed by atoms with van der Waals surface area (Å²) in [6.45, 7) is 0.665. The van der Waals surface area contributed by atoms with Crippen LogP contribution in [0.15, 0.2) is 0 Å². The number of unbranched alkanes of at least 4 members (excludes halogenated alkanes) is 12. The molecular weight excluding hydrogens is 478 g/mol. The van der Waals surface area contributed by atoms with Gasteiger partial charge in [0.1, 0.15) is 13.2 Å². The zero-order valence-electron chi connectivity index (χ0n) is 21.8. The Morgan fingerprint density at radius 1 is 0.600 bits per heavy atom. The molecule has 10 heteroatoms. The van der Waals surface area contributed by atoms with E-state index in [9.17, 15) is 24.9 Å². The van der Waals surface area contributed by atoms with Crippen LogP contribution in [0.1, 0.15) is 96.8 Å². The lowest BCUT2D eigenvalue weighted by molar-refractivity contribution is -0.970. The summed E-state index contributed by atoms with van der Waals surface area (Å²) in [6.07, 6.45) is 16.9. The van der Waals surface area contributed by atoms with Crippen LogP contribution in [0, 0.1) is 0 Å². The maximum atomic E-state index is 11.7. The van der Waals surface area contributed by atoms with Gasteiger partial charge in [-0.1, -0.05) is 84.0 Å². The maximum Gasteiger partial charge on any atom is 0.362 e. The van der Waals surface area contributed by atoms with Gasteiger partial charge in [0.15, 0.2) is 26.7 Å². The first-order valence-corrected chi connectivity index (χ1v) is 13.1. The molecule has 0 unspecified atom stereocenters. The van der Waals surface area contributed by atoms with E-state index in [0.29, 0.717) is 6.42 Å². The van der Waals surface area contributed by atoms with Gasteiger partial charge in [0, 0.05) is 6.42 Å². The number of carbonyl (C=O) groups is 2. The molecule has 0 aliphatic heterocycles. The molecule has 0 saturated carbocycles. The topological polar surface area (TPSA) is 123 Å². The first-order chi connectivity index (χ1) is 16.5. The molecule has 210 valence electrons. The van der Waals surface area contributed by atoms with Crippen molar-refractivity contribution in [3.8, 4) is 0 Å². The Morgan fingerprint density at radius 3 is 1.43 bits per heavy atom. The molecule has 0 aromatic carbocycles. The minimum Gasteiger partial charge on any atom is -1.00 e. The largest absolute Gasteiger partial charge is 1.00 e. The average Bonchev–Trinajstić information content (AvgIpc) is 2.84. The third-order valence-electron chi connectivity index (χ3n) is 5.83. The number of carbonyl (C=O) groups excluding carboxylic acids is 2. The Morgan fingerprint density at radius 2 is 1.00 bits per heavy atom. The molecule has 3 N–H and O–H groups in total. The molecule has 0 heterocycles. The highest BCUT2D eigenvalue weighted by Gasteiger charge is 2.29. The molecule has 9 nitrogen and oxygen atoms in total. The van der Waals surface area contributed by atoms with Crippen LogP contribution in [-0.2, 0) is 23.8 Å². The Kier molecular flexibility index (Phi) is 27.0. The van der Waals surface area contributed by atoms with Gasteiger partial charge in [-0.05, 0) is 6.42 Å². The van der Waals surface area contributed by atoms with Crippen molar-refractivity contribution in [2.24, 2.45) is 0 Å². The molecule has 0 aliphatic rings. The number of rotatable bonds is 25. The Hall–Kier alpha value is -0.970. The number of ether oxygens (including phenoxy) is 3. The van der Waals surface area contributed by atoms with Crippen LogP contribution >= 0.6 is 0 Å². The zero-order chi connectivity index (χ0) is 25.3. The van der Waals surface area contributed by atoms with Gasteiger partial charge < -0.3 is 41.9 Å². The van der Waals surface area contributed by atoms with Gasteiger partial charge in [0.2, 0.25) is 0 Å². The Labute approximate surface area is 218 Å². The van der Waals surface area contributed by atoms with E-state index < -0.39 is 30.6 Å². The van der Waals surface area contributed by atoms with Crippen molar-refractivity contribution in [2.45, 2.75) is 96.8 Å². The van der Waals surface area contributed by atoms with Crippen molar-refractivity contribution in [1.82, 2.24) is 0 Å². The van der Waals surface area contributed by atoms with E-state index in [1.54, 1.807) is 0 Å². The van der Waals surface area contributed by atoms with Gasteiger partial charge in [-0.2, -0.15) is 0 Å². The van der Waals surface area contributed by atoms with E-state index in [-0.39, 0.29) is 51.3 Å². The lowest BCUT2D eigenvalue weighted by Gasteiger charge is -2.30. The second-order valence-electron chi connectivity index (χ2n) is 8.97. The van der Waals surface area contributed by atoms with Gasteiger partial charge in [0.05, 0.1) is 13.2 Å². The number of halogens is 1. The molecule has 35 heavy (non-hydrogen) atoms. The minimum atomic E-state index is -0.662. The Bertz CT molecular complexity index is 484. The minimum absolute atomic E-state index is 0. The van der Waals surface area contributed by atoms with Gasteiger partial charge in [-0.3, -0.25) is 4.79 Å². The van der Waals surface area contributed by atoms with E-state index in [1.807, 2.05) is 0 Å². The lowest BCUT2D eigenvalue weighted by Crippen LogP contribution is -3.00. The molecule has 0 bridgehead atoms. The number of aliphatic hydroxyl groups excluding tert-OH is 3. The van der Waals surface area contributed by atoms with Crippen LogP contribution < -0.4 is 12.4 Å². The summed E-state index contributed by atoms with van der Waals surface area (Å²) in [5.74, 6) is -0.880. The van der Waals surface area contributed by atoms with E-state index in [4.69, 9.17) is 14.2 Å². The van der Waals surface area contributed by atoms with Crippen LogP contribution in [0.3, 0.4) is 0 Å². The predicted octanol–water partition coefficient (Wildman–Crippen LogP) is 0.241. The molecule has 0 aromatic heterocycles. The van der Waals surface area contributed by atoms with Crippen LogP contribution in [0.2, 0.25) is 0 Å². The van der Waals surface area contributed by atoms with E-state index in [0.717, 1.165) is 12.8 Å². The molecular formula is C25H50ClNO8. The standard InChI is InChI=1S/C25H50NO8.ClH/c1-2-3-4-5-6-7-8-9-10-11-12-13-14-15-24(30)33-18-16-32-17-19-34-25(31)20-26(21-27,22-28)23-29;/h27-29H,2-23H2,1H3;1H/q+1;/p-1. The second-order valence-corrected chi connectivity index (χ2v) is 8.97. The van der Waals surface area contributed by atoms with Crippen molar-refractivity contribution in [2.75, 3.05) is 53.2 Å². The summed E-state index contributed by atoms with van der Waals surface area (Å²) >= 11 is 0. The van der Waals surface area contributed by atoms with E-state index in [1.165, 1.54) is 70.6 Å². The summed E-state index contributed by atoms with van der Waals surface area (Å²) < 4.78 is 14.7. The quantitative estimate of drug-likeness (QED) is 0.0668. The van der Waals surface area contributed by atoms with Crippen LogP contribution in [0.5, 0.6) is 0 Å². The molecule has 0 aliphatic carbocycles. The lowest BCUT2D eigenvalue weighted by atomic mass is 10.0. The molecule has 0 radical (unpaired) electrons. The number of nitrogens with zero attached hydrogens (tertiary/aromatic N) is 1. The highest BCUT2D eigenvalue weighted by Crippen LogP contribution is 2.13. The van der Waals surface area contributed by atoms with Gasteiger partial charge in [-0.15, -0.1) is 0 Å². The van der Waals surface area contributed by atoms with Crippen LogP contribution in [0.4, 0.5) is 0 Å². The smallest absolute Gasteiger partial charge is 0.362 e. The summed E-state index contributed by atoms with van der Waals surface area (Å²) in [5.41, 5.74) is 0. The predicted molar refractivity (Wildman–Crippen MR) is 129 cm³/mol. The van der Waals surface area contributed by atoms with Crippen molar-refractivity contribution in [3.05, 3.63) is 0 Å². The van der Waals surface area contributed by atoms with Gasteiger partial charge in [-0.25, -0.2) is 9.28 Å². The molecule has 0 saturated heterocycles. The highest BCUT2D eigenvalue weighted by molar-refractivity contribution is 5.70. The summed E-state index contributed by atoms with van der Waals surface area (Å²) in [4.78, 5) is 23.4. The first kappa shape index (κ1) is 36.2. The number of hydrogen-bond acceptors (Lipinski definition) is 8. The van der Waals surface area contributed by atoms with Crippen molar-refractivity contribution < 1.29 is 56.0 Å². The fraction of sp³-hybridized carbons (Fsp3) is 0.920. The first-order valence-electron chi connectivity index (χ1n) is 13.1. The number of hydrogen-bond donors (Lipinski definition) is 3. The molecule has 0 amide bonds. The highest BCUT2D eigenvalue weighted by atomic mass is 35.5. The number of esters is 2. The van der Waals surface area contributed by atoms with Crippen molar-refractivity contribution in [1.29, 1.82) is 0 Å². The molecule has 0 spiro atoms. The van der Waals surface area contributed by atoms with E-state index in [2.05, 4.69) is 6.92 Å². The average molecular weight is 528 g/mol. The van der Waals surface area contributed by atoms with Crippen LogP contribution in [0.25, 0.3) is 0 Å². The normalized spacial score (nSPS) is 11.2. The monoisotopic (exact) mass is 527 g/mol. The third kappa shape index (κ3) is 22.0. The summed E-state index contributed by atoms with van der Waals surface area (Å²) in [5, 5.41) is 27.5. The van der Waals surface area contributed by atoms with E-state index >= 15 is 0 Å². The summed E-state index contributed by atoms with van der Waals surface area (Å²) in [6, 6.07) is 0. The third-order valence-corrected chi connectivity index (χ3v) is 5.83. The fourth-order valence-electron chi connectivity index (χ4n) is 3.49. The second kappa shape index (κ2) is 26.1. The molecule has 0 aromatic rings. The fourth-order valence-corrected chi connectivity index (χ4v) is 3.49. The maximum absolute atomic E-state index is 11.7. The Balaban J connectivity index is 0. The van der Waals surface area contributed by atoms with Gasteiger partial charge in [0.25, 0.3) is 0 Å². The number of aliphatic hydroxyl groups is 3. The number of quaternary nitrogens is 1.